The molecule has 2 atom stereocenters. The van der Waals surface area contributed by atoms with Gasteiger partial charge in [-0.15, -0.1) is 0 Å². The van der Waals surface area contributed by atoms with Gasteiger partial charge in [-0.25, -0.2) is 4.79 Å². The number of aliphatic carboxylic acids is 1. The Hall–Kier alpha value is -1.92. The number of β-lactam (4-membered cyclic amide) rings is 1. The first-order valence-corrected chi connectivity index (χ1v) is 6.88. The first-order valence-electron chi connectivity index (χ1n) is 6.88. The SMILES string of the molecule is CC1([C@@H]2C(=O)N(Cc3ccccc3)[C@@H]2C(=O)O)OCCO1. The summed E-state index contributed by atoms with van der Waals surface area (Å²) in [6.07, 6.45) is 0. The normalized spacial score (nSPS) is 27.5. The molecule has 1 amide bonds. The first kappa shape index (κ1) is 14.0. The van der Waals surface area contributed by atoms with Gasteiger partial charge in [0.05, 0.1) is 13.2 Å². The van der Waals surface area contributed by atoms with Crippen molar-refractivity contribution in [1.29, 1.82) is 0 Å². The third kappa shape index (κ3) is 2.30. The fourth-order valence-electron chi connectivity index (χ4n) is 3.00. The van der Waals surface area contributed by atoms with Gasteiger partial charge >= 0.3 is 5.97 Å². The molecule has 2 saturated heterocycles. The van der Waals surface area contributed by atoms with Crippen molar-refractivity contribution in [2.24, 2.45) is 5.92 Å². The van der Waals surface area contributed by atoms with Crippen LogP contribution in [-0.2, 0) is 25.6 Å². The van der Waals surface area contributed by atoms with E-state index < -0.39 is 23.7 Å². The Balaban J connectivity index is 1.80. The number of carboxylic acid groups (broad SMARTS) is 1. The van der Waals surface area contributed by atoms with Gasteiger partial charge in [-0.1, -0.05) is 30.3 Å². The molecule has 0 saturated carbocycles. The summed E-state index contributed by atoms with van der Waals surface area (Å²) >= 11 is 0. The monoisotopic (exact) mass is 291 g/mol. The average molecular weight is 291 g/mol. The van der Waals surface area contributed by atoms with Crippen molar-refractivity contribution < 1.29 is 24.2 Å². The number of amides is 1. The summed E-state index contributed by atoms with van der Waals surface area (Å²) < 4.78 is 10.9. The number of rotatable bonds is 4. The van der Waals surface area contributed by atoms with Crippen LogP contribution in [0.4, 0.5) is 0 Å². The van der Waals surface area contributed by atoms with Gasteiger partial charge < -0.3 is 19.5 Å². The van der Waals surface area contributed by atoms with Crippen LogP contribution in [0.1, 0.15) is 12.5 Å². The standard InChI is InChI=1S/C15H17NO5/c1-15(20-7-8-21-15)11-12(14(18)19)16(13(11)17)9-10-5-3-2-4-6-10/h2-6,11-12H,7-9H2,1H3,(H,18,19)/t11-,12-/m0/s1. The zero-order valence-electron chi connectivity index (χ0n) is 11.7. The van der Waals surface area contributed by atoms with Gasteiger partial charge in [0.25, 0.3) is 0 Å². The summed E-state index contributed by atoms with van der Waals surface area (Å²) in [6, 6.07) is 8.41. The Morgan fingerprint density at radius 3 is 2.52 bits per heavy atom. The van der Waals surface area contributed by atoms with Crippen LogP contribution in [0, 0.1) is 5.92 Å². The maximum atomic E-state index is 12.4. The quantitative estimate of drug-likeness (QED) is 0.833. The van der Waals surface area contributed by atoms with Crippen molar-refractivity contribution in [3.05, 3.63) is 35.9 Å². The molecular weight excluding hydrogens is 274 g/mol. The van der Waals surface area contributed by atoms with Gasteiger partial charge in [0.2, 0.25) is 5.91 Å². The Labute approximate surface area is 122 Å². The Morgan fingerprint density at radius 2 is 1.95 bits per heavy atom. The smallest absolute Gasteiger partial charge is 0.327 e. The summed E-state index contributed by atoms with van der Waals surface area (Å²) in [6.45, 7) is 2.68. The number of carbonyl (C=O) groups is 2. The van der Waals surface area contributed by atoms with Crippen molar-refractivity contribution in [1.82, 2.24) is 4.90 Å². The maximum Gasteiger partial charge on any atom is 0.327 e. The van der Waals surface area contributed by atoms with Crippen LogP contribution in [0.15, 0.2) is 30.3 Å². The molecule has 0 spiro atoms. The highest BCUT2D eigenvalue weighted by molar-refractivity contribution is 5.97. The minimum absolute atomic E-state index is 0.240. The van der Waals surface area contributed by atoms with Gasteiger partial charge in [0.15, 0.2) is 5.79 Å². The number of carbonyl (C=O) groups excluding carboxylic acids is 1. The van der Waals surface area contributed by atoms with Crippen LogP contribution in [0.25, 0.3) is 0 Å². The van der Waals surface area contributed by atoms with Gasteiger partial charge in [-0.05, 0) is 12.5 Å². The molecular formula is C15H17NO5. The molecule has 0 radical (unpaired) electrons. The van der Waals surface area contributed by atoms with Crippen LogP contribution in [-0.4, -0.2) is 46.9 Å². The van der Waals surface area contributed by atoms with E-state index in [1.807, 2.05) is 30.3 Å². The zero-order chi connectivity index (χ0) is 15.0. The molecule has 0 aromatic heterocycles. The number of nitrogens with zero attached hydrogens (tertiary/aromatic N) is 1. The van der Waals surface area contributed by atoms with Crippen molar-refractivity contribution >= 4 is 11.9 Å². The van der Waals surface area contributed by atoms with Crippen molar-refractivity contribution in [3.8, 4) is 0 Å². The van der Waals surface area contributed by atoms with E-state index in [9.17, 15) is 14.7 Å². The lowest BCUT2D eigenvalue weighted by molar-refractivity contribution is -0.232. The molecule has 112 valence electrons. The van der Waals surface area contributed by atoms with E-state index in [2.05, 4.69) is 0 Å². The highest BCUT2D eigenvalue weighted by Crippen LogP contribution is 2.41. The minimum Gasteiger partial charge on any atom is -0.480 e. The molecule has 6 nitrogen and oxygen atoms in total. The average Bonchev–Trinajstić information content (AvgIpc) is 2.89. The molecule has 1 aromatic carbocycles. The first-order chi connectivity index (χ1) is 10.0. The molecule has 6 heteroatoms. The number of carboxylic acids is 1. The van der Waals surface area contributed by atoms with Gasteiger partial charge in [-0.2, -0.15) is 0 Å². The number of benzene rings is 1. The third-order valence-electron chi connectivity index (χ3n) is 4.07. The molecule has 1 aromatic rings. The number of hydrogen-bond acceptors (Lipinski definition) is 4. The number of ether oxygens (including phenoxy) is 2. The summed E-state index contributed by atoms with van der Waals surface area (Å²) in [5.74, 6) is -3.19. The van der Waals surface area contributed by atoms with E-state index in [4.69, 9.17) is 9.47 Å². The number of likely N-dealkylation sites (tertiary alicyclic amines) is 1. The minimum atomic E-state index is -1.13. The lowest BCUT2D eigenvalue weighted by atomic mass is 9.80. The maximum absolute atomic E-state index is 12.4. The molecule has 2 aliphatic heterocycles. The third-order valence-corrected chi connectivity index (χ3v) is 4.07. The topological polar surface area (TPSA) is 76.1 Å². The van der Waals surface area contributed by atoms with Crippen molar-refractivity contribution in [3.63, 3.8) is 0 Å². The largest absolute Gasteiger partial charge is 0.480 e. The van der Waals surface area contributed by atoms with Gasteiger partial charge in [0, 0.05) is 6.54 Å². The highest BCUT2D eigenvalue weighted by Gasteiger charge is 2.62. The van der Waals surface area contributed by atoms with Crippen LogP contribution >= 0.6 is 0 Å². The van der Waals surface area contributed by atoms with Crippen LogP contribution < -0.4 is 0 Å². The Morgan fingerprint density at radius 1 is 1.33 bits per heavy atom. The second-order valence-corrected chi connectivity index (χ2v) is 5.43. The highest BCUT2D eigenvalue weighted by atomic mass is 16.7. The van der Waals surface area contributed by atoms with Crippen molar-refractivity contribution in [2.45, 2.75) is 25.3 Å². The van der Waals surface area contributed by atoms with E-state index in [0.29, 0.717) is 13.2 Å². The Kier molecular flexibility index (Phi) is 3.43. The summed E-state index contributed by atoms with van der Waals surface area (Å²) in [4.78, 5) is 25.3. The fourth-order valence-corrected chi connectivity index (χ4v) is 3.00. The molecule has 2 fully saturated rings. The summed E-state index contributed by atoms with van der Waals surface area (Å²) in [5.41, 5.74) is 0.897. The van der Waals surface area contributed by atoms with E-state index in [-0.39, 0.29) is 12.5 Å². The van der Waals surface area contributed by atoms with Crippen LogP contribution in [0.5, 0.6) is 0 Å². The molecule has 2 aliphatic rings. The molecule has 0 unspecified atom stereocenters. The molecule has 0 bridgehead atoms. The zero-order valence-corrected chi connectivity index (χ0v) is 11.7. The van der Waals surface area contributed by atoms with Gasteiger partial charge in [0.1, 0.15) is 12.0 Å². The lowest BCUT2D eigenvalue weighted by Crippen LogP contribution is -2.70. The van der Waals surface area contributed by atoms with E-state index in [0.717, 1.165) is 5.56 Å². The second kappa shape index (κ2) is 5.13. The van der Waals surface area contributed by atoms with E-state index in [1.165, 1.54) is 4.90 Å². The summed E-state index contributed by atoms with van der Waals surface area (Å²) in [7, 11) is 0. The number of hydrogen-bond donors (Lipinski definition) is 1. The fraction of sp³-hybridized carbons (Fsp3) is 0.467. The molecule has 21 heavy (non-hydrogen) atoms. The van der Waals surface area contributed by atoms with Crippen LogP contribution in [0.3, 0.4) is 0 Å². The molecule has 0 aliphatic carbocycles. The van der Waals surface area contributed by atoms with Crippen LogP contribution in [0.2, 0.25) is 0 Å². The summed E-state index contributed by atoms with van der Waals surface area (Å²) in [5, 5.41) is 9.44. The van der Waals surface area contributed by atoms with Gasteiger partial charge in [-0.3, -0.25) is 4.79 Å². The van der Waals surface area contributed by atoms with E-state index in [1.54, 1.807) is 6.92 Å². The second-order valence-electron chi connectivity index (χ2n) is 5.43. The predicted octanol–water partition coefficient (Wildman–Crippen LogP) is 0.861. The predicted molar refractivity (Wildman–Crippen MR) is 72.2 cm³/mol. The van der Waals surface area contributed by atoms with Crippen molar-refractivity contribution in [2.75, 3.05) is 13.2 Å². The molecule has 2 heterocycles. The molecule has 1 N–H and O–H groups in total. The Bertz CT molecular complexity index is 552. The molecule has 3 rings (SSSR count). The lowest BCUT2D eigenvalue weighted by Gasteiger charge is -2.49. The van der Waals surface area contributed by atoms with E-state index >= 15 is 0 Å².